The molecule has 2 atom stereocenters. The standard InChI is InChI=1S/C15H17ClN2O/c16-14-3-1-2-12(8-14)10-18-15(19)13-6-4-11(9-17)5-7-13/h4-7,12,14H,1-3,8,10H2,(H,18,19). The van der Waals surface area contributed by atoms with Crippen molar-refractivity contribution in [3.05, 3.63) is 35.4 Å². The summed E-state index contributed by atoms with van der Waals surface area (Å²) in [5.41, 5.74) is 1.16. The molecule has 0 heterocycles. The number of benzene rings is 1. The van der Waals surface area contributed by atoms with E-state index >= 15 is 0 Å². The van der Waals surface area contributed by atoms with Gasteiger partial charge in [-0.2, -0.15) is 5.26 Å². The molecule has 4 heteroatoms. The van der Waals surface area contributed by atoms with Crippen LogP contribution in [0.15, 0.2) is 24.3 Å². The van der Waals surface area contributed by atoms with Gasteiger partial charge in [-0.05, 0) is 49.4 Å². The highest BCUT2D eigenvalue weighted by Gasteiger charge is 2.20. The monoisotopic (exact) mass is 276 g/mol. The molecule has 0 bridgehead atoms. The van der Waals surface area contributed by atoms with Gasteiger partial charge in [0.2, 0.25) is 0 Å². The average Bonchev–Trinajstić information content (AvgIpc) is 2.45. The summed E-state index contributed by atoms with van der Waals surface area (Å²) in [7, 11) is 0. The Morgan fingerprint density at radius 3 is 2.74 bits per heavy atom. The molecule has 0 radical (unpaired) electrons. The largest absolute Gasteiger partial charge is 0.352 e. The van der Waals surface area contributed by atoms with Gasteiger partial charge in [0, 0.05) is 17.5 Å². The van der Waals surface area contributed by atoms with Gasteiger partial charge in [-0.1, -0.05) is 6.42 Å². The van der Waals surface area contributed by atoms with E-state index in [-0.39, 0.29) is 11.3 Å². The van der Waals surface area contributed by atoms with Crippen LogP contribution in [0.4, 0.5) is 0 Å². The van der Waals surface area contributed by atoms with E-state index in [0.717, 1.165) is 25.7 Å². The Morgan fingerprint density at radius 1 is 1.37 bits per heavy atom. The number of nitrogens with one attached hydrogen (secondary N) is 1. The maximum atomic E-state index is 11.9. The second-order valence-corrected chi connectivity index (χ2v) is 5.65. The van der Waals surface area contributed by atoms with Crippen LogP contribution < -0.4 is 5.32 Å². The first-order valence-corrected chi connectivity index (χ1v) is 7.05. The molecule has 0 spiro atoms. The average molecular weight is 277 g/mol. The third-order valence-electron chi connectivity index (χ3n) is 3.55. The molecule has 0 aromatic heterocycles. The molecule has 3 nitrogen and oxygen atoms in total. The van der Waals surface area contributed by atoms with Gasteiger partial charge in [-0.25, -0.2) is 0 Å². The fourth-order valence-electron chi connectivity index (χ4n) is 2.45. The maximum Gasteiger partial charge on any atom is 0.251 e. The number of hydrogen-bond donors (Lipinski definition) is 1. The van der Waals surface area contributed by atoms with Crippen molar-refractivity contribution >= 4 is 17.5 Å². The summed E-state index contributed by atoms with van der Waals surface area (Å²) in [5, 5.41) is 11.9. The molecular weight excluding hydrogens is 260 g/mol. The first-order valence-electron chi connectivity index (χ1n) is 6.61. The Balaban J connectivity index is 1.85. The smallest absolute Gasteiger partial charge is 0.251 e. The molecule has 1 aliphatic rings. The van der Waals surface area contributed by atoms with Gasteiger partial charge in [0.05, 0.1) is 11.6 Å². The van der Waals surface area contributed by atoms with Crippen molar-refractivity contribution in [1.82, 2.24) is 5.32 Å². The fourth-order valence-corrected chi connectivity index (χ4v) is 2.85. The lowest BCUT2D eigenvalue weighted by molar-refractivity contribution is 0.0943. The molecule has 19 heavy (non-hydrogen) atoms. The molecular formula is C15H17ClN2O. The van der Waals surface area contributed by atoms with Gasteiger partial charge < -0.3 is 5.32 Å². The summed E-state index contributed by atoms with van der Waals surface area (Å²) in [6.45, 7) is 0.683. The predicted molar refractivity (Wildman–Crippen MR) is 75.1 cm³/mol. The molecule has 2 rings (SSSR count). The molecule has 0 aliphatic heterocycles. The molecule has 1 N–H and O–H groups in total. The van der Waals surface area contributed by atoms with Gasteiger partial charge in [-0.15, -0.1) is 11.6 Å². The Morgan fingerprint density at radius 2 is 2.11 bits per heavy atom. The van der Waals surface area contributed by atoms with Gasteiger partial charge in [0.1, 0.15) is 0 Å². The summed E-state index contributed by atoms with van der Waals surface area (Å²) < 4.78 is 0. The Kier molecular flexibility index (Phi) is 4.81. The third-order valence-corrected chi connectivity index (χ3v) is 3.94. The topological polar surface area (TPSA) is 52.9 Å². The van der Waals surface area contributed by atoms with Crippen LogP contribution in [0, 0.1) is 17.2 Å². The van der Waals surface area contributed by atoms with Crippen LogP contribution in [0.5, 0.6) is 0 Å². The lowest BCUT2D eigenvalue weighted by Gasteiger charge is -2.25. The van der Waals surface area contributed by atoms with Crippen LogP contribution in [0.1, 0.15) is 41.6 Å². The van der Waals surface area contributed by atoms with Crippen LogP contribution in [0.25, 0.3) is 0 Å². The molecule has 1 amide bonds. The minimum absolute atomic E-state index is 0.0822. The zero-order chi connectivity index (χ0) is 13.7. The second-order valence-electron chi connectivity index (χ2n) is 5.03. The van der Waals surface area contributed by atoms with Crippen molar-refractivity contribution in [2.24, 2.45) is 5.92 Å². The fraction of sp³-hybridized carbons (Fsp3) is 0.467. The van der Waals surface area contributed by atoms with Gasteiger partial charge in [0.15, 0.2) is 0 Å². The number of alkyl halides is 1. The minimum Gasteiger partial charge on any atom is -0.352 e. The zero-order valence-corrected chi connectivity index (χ0v) is 11.5. The van der Waals surface area contributed by atoms with Crippen molar-refractivity contribution in [3.63, 3.8) is 0 Å². The molecule has 1 saturated carbocycles. The van der Waals surface area contributed by atoms with Crippen LogP contribution in [0.2, 0.25) is 0 Å². The van der Waals surface area contributed by atoms with Crippen molar-refractivity contribution in [1.29, 1.82) is 5.26 Å². The quantitative estimate of drug-likeness (QED) is 0.863. The summed E-state index contributed by atoms with van der Waals surface area (Å²) in [5.74, 6) is 0.403. The van der Waals surface area contributed by atoms with Crippen molar-refractivity contribution in [2.75, 3.05) is 6.54 Å². The molecule has 1 fully saturated rings. The van der Waals surface area contributed by atoms with E-state index in [2.05, 4.69) is 5.32 Å². The van der Waals surface area contributed by atoms with E-state index in [0.29, 0.717) is 23.6 Å². The second kappa shape index (κ2) is 6.58. The van der Waals surface area contributed by atoms with Crippen molar-refractivity contribution in [2.45, 2.75) is 31.1 Å². The Bertz CT molecular complexity index is 478. The number of carbonyl (C=O) groups excluding carboxylic acids is 1. The predicted octanol–water partition coefficient (Wildman–Crippen LogP) is 3.09. The number of amides is 1. The number of hydrogen-bond acceptors (Lipinski definition) is 2. The molecule has 1 aromatic rings. The van der Waals surface area contributed by atoms with Crippen LogP contribution >= 0.6 is 11.6 Å². The molecule has 0 saturated heterocycles. The lowest BCUT2D eigenvalue weighted by Crippen LogP contribution is -2.32. The zero-order valence-electron chi connectivity index (χ0n) is 10.7. The summed E-state index contributed by atoms with van der Waals surface area (Å²) >= 11 is 6.13. The number of nitriles is 1. The first-order chi connectivity index (χ1) is 9.19. The highest BCUT2D eigenvalue weighted by atomic mass is 35.5. The van der Waals surface area contributed by atoms with Crippen LogP contribution in [0.3, 0.4) is 0 Å². The van der Waals surface area contributed by atoms with Crippen LogP contribution in [-0.2, 0) is 0 Å². The maximum absolute atomic E-state index is 11.9. The minimum atomic E-state index is -0.0822. The van der Waals surface area contributed by atoms with Gasteiger partial charge in [0.25, 0.3) is 5.91 Å². The van der Waals surface area contributed by atoms with Crippen molar-refractivity contribution < 1.29 is 4.79 Å². The van der Waals surface area contributed by atoms with Crippen LogP contribution in [-0.4, -0.2) is 17.8 Å². The number of nitrogens with zero attached hydrogens (tertiary/aromatic N) is 1. The van der Waals surface area contributed by atoms with E-state index in [1.807, 2.05) is 6.07 Å². The van der Waals surface area contributed by atoms with E-state index in [9.17, 15) is 4.79 Å². The van der Waals surface area contributed by atoms with E-state index in [1.54, 1.807) is 24.3 Å². The highest BCUT2D eigenvalue weighted by molar-refractivity contribution is 6.20. The number of halogens is 1. The molecule has 1 aliphatic carbocycles. The van der Waals surface area contributed by atoms with E-state index in [1.165, 1.54) is 0 Å². The molecule has 2 unspecified atom stereocenters. The summed E-state index contributed by atoms with van der Waals surface area (Å²) in [6, 6.07) is 8.71. The van der Waals surface area contributed by atoms with Crippen molar-refractivity contribution in [3.8, 4) is 6.07 Å². The van der Waals surface area contributed by atoms with Gasteiger partial charge >= 0.3 is 0 Å². The molecule has 1 aromatic carbocycles. The van der Waals surface area contributed by atoms with E-state index < -0.39 is 0 Å². The summed E-state index contributed by atoms with van der Waals surface area (Å²) in [4.78, 5) is 11.9. The number of rotatable bonds is 3. The first kappa shape index (κ1) is 13.9. The normalized spacial score (nSPS) is 22.5. The molecule has 100 valence electrons. The highest BCUT2D eigenvalue weighted by Crippen LogP contribution is 2.27. The SMILES string of the molecule is N#Cc1ccc(C(=O)NCC2CCCC(Cl)C2)cc1. The van der Waals surface area contributed by atoms with Gasteiger partial charge in [-0.3, -0.25) is 4.79 Å². The number of carbonyl (C=O) groups is 1. The Labute approximate surface area is 118 Å². The lowest BCUT2D eigenvalue weighted by atomic mass is 9.89. The van der Waals surface area contributed by atoms with E-state index in [4.69, 9.17) is 16.9 Å². The third kappa shape index (κ3) is 3.97. The Hall–Kier alpha value is -1.53. The summed E-state index contributed by atoms with van der Waals surface area (Å²) in [6.07, 6.45) is 4.35.